The molecule has 0 aromatic heterocycles. The Bertz CT molecular complexity index is 501. The Hall–Kier alpha value is -1.46. The number of carbonyl (C=O) groups excluding carboxylic acids is 1. The summed E-state index contributed by atoms with van der Waals surface area (Å²) >= 11 is 6.23. The van der Waals surface area contributed by atoms with Gasteiger partial charge in [0.2, 0.25) is 0 Å². The van der Waals surface area contributed by atoms with Gasteiger partial charge < -0.3 is 19.1 Å². The molecule has 1 aliphatic heterocycles. The Morgan fingerprint density at radius 1 is 1.24 bits per heavy atom. The minimum Gasteiger partial charge on any atom is -0.490 e. The summed E-state index contributed by atoms with van der Waals surface area (Å²) in [6, 6.07) is 3.32. The van der Waals surface area contributed by atoms with E-state index in [2.05, 4.69) is 0 Å². The van der Waals surface area contributed by atoms with E-state index in [4.69, 9.17) is 25.8 Å². The number of benzene rings is 1. The van der Waals surface area contributed by atoms with Crippen LogP contribution in [-0.4, -0.2) is 50.3 Å². The molecule has 2 rings (SSSR count). The molecule has 21 heavy (non-hydrogen) atoms. The van der Waals surface area contributed by atoms with Gasteiger partial charge in [-0.2, -0.15) is 0 Å². The van der Waals surface area contributed by atoms with E-state index >= 15 is 0 Å². The van der Waals surface area contributed by atoms with E-state index in [1.165, 1.54) is 0 Å². The zero-order valence-electron chi connectivity index (χ0n) is 12.4. The fourth-order valence-electron chi connectivity index (χ4n) is 2.19. The van der Waals surface area contributed by atoms with E-state index < -0.39 is 0 Å². The molecule has 1 aromatic rings. The summed E-state index contributed by atoms with van der Waals surface area (Å²) in [6.07, 6.45) is 0. The van der Waals surface area contributed by atoms with Crippen LogP contribution in [0, 0.1) is 0 Å². The number of rotatable bonds is 5. The molecule has 0 radical (unpaired) electrons. The van der Waals surface area contributed by atoms with Crippen LogP contribution in [0.5, 0.6) is 11.5 Å². The number of halogens is 1. The maximum Gasteiger partial charge on any atom is 0.254 e. The molecule has 5 nitrogen and oxygen atoms in total. The summed E-state index contributed by atoms with van der Waals surface area (Å²) in [5.74, 6) is 0.923. The molecular formula is C15H20ClNO4. The molecule has 1 amide bonds. The normalized spacial score (nSPS) is 14.9. The fraction of sp³-hybridized carbons (Fsp3) is 0.533. The highest BCUT2D eigenvalue weighted by Crippen LogP contribution is 2.37. The van der Waals surface area contributed by atoms with Gasteiger partial charge in [-0.15, -0.1) is 0 Å². The Balaban J connectivity index is 2.28. The summed E-state index contributed by atoms with van der Waals surface area (Å²) in [6.45, 7) is 7.02. The molecule has 6 heteroatoms. The molecule has 0 atom stereocenters. The van der Waals surface area contributed by atoms with Crippen LogP contribution in [0.25, 0.3) is 0 Å². The maximum atomic E-state index is 12.5. The molecule has 0 spiro atoms. The minimum absolute atomic E-state index is 0.0656. The molecule has 0 unspecified atom stereocenters. The van der Waals surface area contributed by atoms with Gasteiger partial charge in [-0.05, 0) is 26.0 Å². The van der Waals surface area contributed by atoms with Crippen molar-refractivity contribution in [3.05, 3.63) is 22.7 Å². The third kappa shape index (κ3) is 3.80. The van der Waals surface area contributed by atoms with E-state index in [1.54, 1.807) is 17.0 Å². The van der Waals surface area contributed by atoms with Crippen LogP contribution >= 0.6 is 11.6 Å². The van der Waals surface area contributed by atoms with Crippen LogP contribution < -0.4 is 9.47 Å². The molecule has 1 aliphatic rings. The first-order chi connectivity index (χ1) is 10.2. The Morgan fingerprint density at radius 3 is 2.52 bits per heavy atom. The lowest BCUT2D eigenvalue weighted by molar-refractivity contribution is 0.0302. The van der Waals surface area contributed by atoms with Gasteiger partial charge in [-0.3, -0.25) is 4.79 Å². The largest absolute Gasteiger partial charge is 0.490 e. The number of ether oxygens (including phenoxy) is 3. The highest BCUT2D eigenvalue weighted by molar-refractivity contribution is 6.32. The van der Waals surface area contributed by atoms with Crippen LogP contribution in [0.4, 0.5) is 0 Å². The molecule has 1 saturated heterocycles. The second kappa shape index (κ2) is 7.52. The van der Waals surface area contributed by atoms with Gasteiger partial charge in [0, 0.05) is 18.7 Å². The van der Waals surface area contributed by atoms with Gasteiger partial charge in [0.05, 0.1) is 31.5 Å². The predicted molar refractivity (Wildman–Crippen MR) is 80.5 cm³/mol. The number of morpholine rings is 1. The van der Waals surface area contributed by atoms with Crippen LogP contribution in [-0.2, 0) is 4.74 Å². The van der Waals surface area contributed by atoms with Crippen molar-refractivity contribution in [1.29, 1.82) is 0 Å². The third-order valence-electron chi connectivity index (χ3n) is 3.14. The number of nitrogens with zero attached hydrogens (tertiary/aromatic N) is 1. The quantitative estimate of drug-likeness (QED) is 0.838. The number of amides is 1. The van der Waals surface area contributed by atoms with E-state index in [0.717, 1.165) is 0 Å². The van der Waals surface area contributed by atoms with Crippen molar-refractivity contribution in [3.8, 4) is 11.5 Å². The lowest BCUT2D eigenvalue weighted by atomic mass is 10.1. The molecule has 1 aromatic carbocycles. The van der Waals surface area contributed by atoms with Crippen molar-refractivity contribution < 1.29 is 19.0 Å². The van der Waals surface area contributed by atoms with Gasteiger partial charge in [0.1, 0.15) is 0 Å². The monoisotopic (exact) mass is 313 g/mol. The topological polar surface area (TPSA) is 48.0 Å². The summed E-state index contributed by atoms with van der Waals surface area (Å²) in [5.41, 5.74) is 0.508. The second-order valence-corrected chi connectivity index (χ2v) is 4.96. The second-order valence-electron chi connectivity index (χ2n) is 4.56. The van der Waals surface area contributed by atoms with E-state index in [-0.39, 0.29) is 5.91 Å². The first-order valence-electron chi connectivity index (χ1n) is 7.13. The molecule has 0 saturated carbocycles. The van der Waals surface area contributed by atoms with Crippen molar-refractivity contribution in [2.24, 2.45) is 0 Å². The van der Waals surface area contributed by atoms with Gasteiger partial charge in [-0.1, -0.05) is 11.6 Å². The number of carbonyl (C=O) groups is 1. The van der Waals surface area contributed by atoms with Gasteiger partial charge in [0.25, 0.3) is 5.91 Å². The first kappa shape index (κ1) is 15.9. The van der Waals surface area contributed by atoms with Crippen LogP contribution in [0.15, 0.2) is 12.1 Å². The SMILES string of the molecule is CCOc1cc(C(=O)N2CCOCC2)cc(Cl)c1OCC. The molecule has 0 aliphatic carbocycles. The molecular weight excluding hydrogens is 294 g/mol. The van der Waals surface area contributed by atoms with E-state index in [1.807, 2.05) is 13.8 Å². The maximum absolute atomic E-state index is 12.5. The summed E-state index contributed by atoms with van der Waals surface area (Å²) in [4.78, 5) is 14.2. The lowest BCUT2D eigenvalue weighted by Gasteiger charge is -2.27. The smallest absolute Gasteiger partial charge is 0.254 e. The average molecular weight is 314 g/mol. The van der Waals surface area contributed by atoms with Crippen molar-refractivity contribution in [2.45, 2.75) is 13.8 Å². The Kier molecular flexibility index (Phi) is 5.70. The summed E-state index contributed by atoms with van der Waals surface area (Å²) in [5, 5.41) is 0.388. The fourth-order valence-corrected chi connectivity index (χ4v) is 2.45. The molecule has 0 N–H and O–H groups in total. The standard InChI is InChI=1S/C15H20ClNO4/c1-3-20-13-10-11(9-12(16)14(13)21-4-2)15(18)17-5-7-19-8-6-17/h9-10H,3-8H2,1-2H3. The zero-order chi connectivity index (χ0) is 15.2. The predicted octanol–water partition coefficient (Wildman–Crippen LogP) is 2.61. The molecule has 0 bridgehead atoms. The zero-order valence-corrected chi connectivity index (χ0v) is 13.1. The summed E-state index contributed by atoms with van der Waals surface area (Å²) < 4.78 is 16.3. The summed E-state index contributed by atoms with van der Waals surface area (Å²) in [7, 11) is 0. The van der Waals surface area contributed by atoms with Crippen molar-refractivity contribution in [2.75, 3.05) is 39.5 Å². The molecule has 1 heterocycles. The van der Waals surface area contributed by atoms with Gasteiger partial charge in [-0.25, -0.2) is 0 Å². The van der Waals surface area contributed by atoms with Gasteiger partial charge >= 0.3 is 0 Å². The van der Waals surface area contributed by atoms with Gasteiger partial charge in [0.15, 0.2) is 11.5 Å². The Labute approximate surface area is 129 Å². The lowest BCUT2D eigenvalue weighted by Crippen LogP contribution is -2.40. The van der Waals surface area contributed by atoms with Crippen LogP contribution in [0.3, 0.4) is 0 Å². The van der Waals surface area contributed by atoms with Crippen LogP contribution in [0.1, 0.15) is 24.2 Å². The third-order valence-corrected chi connectivity index (χ3v) is 3.42. The van der Waals surface area contributed by atoms with E-state index in [9.17, 15) is 4.79 Å². The highest BCUT2D eigenvalue weighted by Gasteiger charge is 2.22. The molecule has 1 fully saturated rings. The van der Waals surface area contributed by atoms with E-state index in [0.29, 0.717) is 61.6 Å². The van der Waals surface area contributed by atoms with Crippen molar-refractivity contribution in [1.82, 2.24) is 4.90 Å². The highest BCUT2D eigenvalue weighted by atomic mass is 35.5. The van der Waals surface area contributed by atoms with Crippen molar-refractivity contribution >= 4 is 17.5 Å². The first-order valence-corrected chi connectivity index (χ1v) is 7.51. The van der Waals surface area contributed by atoms with Crippen LogP contribution in [0.2, 0.25) is 5.02 Å². The average Bonchev–Trinajstić information content (AvgIpc) is 2.51. The minimum atomic E-state index is -0.0656. The number of hydrogen-bond acceptors (Lipinski definition) is 4. The number of hydrogen-bond donors (Lipinski definition) is 0. The Morgan fingerprint density at radius 2 is 1.90 bits per heavy atom. The molecule has 116 valence electrons. The van der Waals surface area contributed by atoms with Crippen molar-refractivity contribution in [3.63, 3.8) is 0 Å².